The third-order valence-corrected chi connectivity index (χ3v) is 3.90. The van der Waals surface area contributed by atoms with E-state index in [0.29, 0.717) is 6.54 Å². The summed E-state index contributed by atoms with van der Waals surface area (Å²) in [6.45, 7) is 3.54. The lowest BCUT2D eigenvalue weighted by molar-refractivity contribution is 0.309. The molecule has 0 heterocycles. The number of ether oxygens (including phenoxy) is 2. The lowest BCUT2D eigenvalue weighted by Gasteiger charge is -2.12. The Morgan fingerprint density at radius 1 is 1.09 bits per heavy atom. The van der Waals surface area contributed by atoms with Gasteiger partial charge in [-0.2, -0.15) is 0 Å². The van der Waals surface area contributed by atoms with Gasteiger partial charge in [0.2, 0.25) is 0 Å². The minimum atomic E-state index is 0.637. The van der Waals surface area contributed by atoms with E-state index in [-0.39, 0.29) is 0 Å². The Morgan fingerprint density at radius 3 is 2.52 bits per heavy atom. The number of para-hydroxylation sites is 1. The highest BCUT2D eigenvalue weighted by Crippen LogP contribution is 2.17. The average Bonchev–Trinajstić information content (AvgIpc) is 2.60. The second-order valence-electron chi connectivity index (χ2n) is 5.22. The Kier molecular flexibility index (Phi) is 6.88. The van der Waals surface area contributed by atoms with Gasteiger partial charge in [-0.15, -0.1) is 0 Å². The van der Waals surface area contributed by atoms with Gasteiger partial charge >= 0.3 is 0 Å². The molecule has 0 aromatic heterocycles. The molecule has 0 amide bonds. The highest BCUT2D eigenvalue weighted by atomic mass is 32.1. The summed E-state index contributed by atoms with van der Waals surface area (Å²) in [6, 6.07) is 15.8. The molecule has 0 bridgehead atoms. The van der Waals surface area contributed by atoms with E-state index in [1.165, 1.54) is 0 Å². The molecule has 0 aliphatic carbocycles. The first-order valence-electron chi connectivity index (χ1n) is 7.87. The minimum Gasteiger partial charge on any atom is -0.496 e. The van der Waals surface area contributed by atoms with Gasteiger partial charge in [0.15, 0.2) is 0 Å². The first-order chi connectivity index (χ1) is 11.2. The Hall–Kier alpha value is -2.07. The summed E-state index contributed by atoms with van der Waals surface area (Å²) in [5, 5.41) is 3.27. The van der Waals surface area contributed by atoms with Crippen molar-refractivity contribution in [2.24, 2.45) is 0 Å². The normalized spacial score (nSPS) is 10.2. The van der Waals surface area contributed by atoms with Crippen LogP contribution < -0.4 is 14.8 Å². The van der Waals surface area contributed by atoms with Gasteiger partial charge in [0.05, 0.1) is 13.7 Å². The Labute approximate surface area is 143 Å². The second-order valence-corrected chi connectivity index (χ2v) is 5.63. The summed E-state index contributed by atoms with van der Waals surface area (Å²) in [4.78, 5) is 0.719. The summed E-state index contributed by atoms with van der Waals surface area (Å²) < 4.78 is 11.0. The van der Waals surface area contributed by atoms with E-state index in [2.05, 4.69) is 12.2 Å². The van der Waals surface area contributed by atoms with Crippen LogP contribution in [0.25, 0.3) is 0 Å². The zero-order valence-corrected chi connectivity index (χ0v) is 14.5. The SMILES string of the molecule is CCCCOc1ccc(C(=S)NCc2ccccc2OC)cc1. The van der Waals surface area contributed by atoms with E-state index in [4.69, 9.17) is 21.7 Å². The molecule has 0 aliphatic rings. The van der Waals surface area contributed by atoms with Crippen LogP contribution in [0.2, 0.25) is 0 Å². The molecule has 0 unspecified atom stereocenters. The van der Waals surface area contributed by atoms with Crippen molar-refractivity contribution in [3.8, 4) is 11.5 Å². The first kappa shape index (κ1) is 17.3. The summed E-state index contributed by atoms with van der Waals surface area (Å²) in [6.07, 6.45) is 2.20. The molecular formula is C19H23NO2S. The fourth-order valence-corrected chi connectivity index (χ4v) is 2.37. The molecule has 2 aromatic carbocycles. The van der Waals surface area contributed by atoms with Crippen molar-refractivity contribution in [3.63, 3.8) is 0 Å². The first-order valence-corrected chi connectivity index (χ1v) is 8.28. The van der Waals surface area contributed by atoms with E-state index < -0.39 is 0 Å². The summed E-state index contributed by atoms with van der Waals surface area (Å²) >= 11 is 5.46. The van der Waals surface area contributed by atoms with Crippen LogP contribution in [-0.2, 0) is 6.54 Å². The number of rotatable bonds is 8. The maximum absolute atomic E-state index is 5.66. The van der Waals surface area contributed by atoms with Gasteiger partial charge in [0, 0.05) is 17.7 Å². The van der Waals surface area contributed by atoms with Crippen molar-refractivity contribution in [3.05, 3.63) is 59.7 Å². The molecule has 2 aromatic rings. The van der Waals surface area contributed by atoms with Crippen molar-refractivity contribution >= 4 is 17.2 Å². The molecule has 0 radical (unpaired) electrons. The molecule has 2 rings (SSSR count). The Balaban J connectivity index is 1.90. The Morgan fingerprint density at radius 2 is 1.83 bits per heavy atom. The van der Waals surface area contributed by atoms with Crippen molar-refractivity contribution in [1.82, 2.24) is 5.32 Å². The fourth-order valence-electron chi connectivity index (χ4n) is 2.16. The second kappa shape index (κ2) is 9.16. The van der Waals surface area contributed by atoms with Crippen molar-refractivity contribution in [2.75, 3.05) is 13.7 Å². The maximum Gasteiger partial charge on any atom is 0.123 e. The van der Waals surface area contributed by atoms with Gasteiger partial charge in [-0.1, -0.05) is 43.8 Å². The van der Waals surface area contributed by atoms with Crippen LogP contribution >= 0.6 is 12.2 Å². The zero-order chi connectivity index (χ0) is 16.5. The smallest absolute Gasteiger partial charge is 0.123 e. The number of unbranched alkanes of at least 4 members (excludes halogenated alkanes) is 1. The quantitative estimate of drug-likeness (QED) is 0.576. The van der Waals surface area contributed by atoms with Gasteiger partial charge in [-0.3, -0.25) is 0 Å². The number of nitrogens with one attached hydrogen (secondary N) is 1. The average molecular weight is 329 g/mol. The molecule has 0 saturated heterocycles. The van der Waals surface area contributed by atoms with Crippen LogP contribution in [0.5, 0.6) is 11.5 Å². The van der Waals surface area contributed by atoms with Crippen molar-refractivity contribution < 1.29 is 9.47 Å². The molecule has 122 valence electrons. The van der Waals surface area contributed by atoms with Gasteiger partial charge in [-0.25, -0.2) is 0 Å². The largest absolute Gasteiger partial charge is 0.496 e. The highest BCUT2D eigenvalue weighted by molar-refractivity contribution is 7.80. The van der Waals surface area contributed by atoms with Crippen LogP contribution in [0.3, 0.4) is 0 Å². The van der Waals surface area contributed by atoms with Gasteiger partial charge in [0.1, 0.15) is 16.5 Å². The number of benzene rings is 2. The van der Waals surface area contributed by atoms with Gasteiger partial charge in [0.25, 0.3) is 0 Å². The molecule has 0 aliphatic heterocycles. The lowest BCUT2D eigenvalue weighted by Crippen LogP contribution is -2.21. The number of hydrogen-bond acceptors (Lipinski definition) is 3. The molecule has 0 atom stereocenters. The Bertz CT molecular complexity index is 626. The third kappa shape index (κ3) is 5.25. The van der Waals surface area contributed by atoms with Crippen LogP contribution in [0.4, 0.5) is 0 Å². The van der Waals surface area contributed by atoms with Crippen LogP contribution in [0.15, 0.2) is 48.5 Å². The lowest BCUT2D eigenvalue weighted by atomic mass is 10.2. The molecule has 0 fully saturated rings. The summed E-state index contributed by atoms with van der Waals surface area (Å²) in [5.74, 6) is 1.75. The highest BCUT2D eigenvalue weighted by Gasteiger charge is 2.05. The van der Waals surface area contributed by atoms with Gasteiger partial charge < -0.3 is 14.8 Å². The van der Waals surface area contributed by atoms with E-state index in [1.807, 2.05) is 48.5 Å². The molecule has 1 N–H and O–H groups in total. The summed E-state index contributed by atoms with van der Waals surface area (Å²) in [7, 11) is 1.68. The molecule has 23 heavy (non-hydrogen) atoms. The predicted octanol–water partition coefficient (Wildman–Crippen LogP) is 4.34. The van der Waals surface area contributed by atoms with Crippen molar-refractivity contribution in [1.29, 1.82) is 0 Å². The molecule has 0 spiro atoms. The zero-order valence-electron chi connectivity index (χ0n) is 13.7. The van der Waals surface area contributed by atoms with Crippen LogP contribution in [-0.4, -0.2) is 18.7 Å². The monoisotopic (exact) mass is 329 g/mol. The van der Waals surface area contributed by atoms with Gasteiger partial charge in [-0.05, 0) is 36.8 Å². The maximum atomic E-state index is 5.66. The van der Waals surface area contributed by atoms with E-state index in [1.54, 1.807) is 7.11 Å². The standard InChI is InChI=1S/C19H23NO2S/c1-3-4-13-22-17-11-9-15(10-12-17)19(23)20-14-16-7-5-6-8-18(16)21-2/h5-12H,3-4,13-14H2,1-2H3,(H,20,23). The summed E-state index contributed by atoms with van der Waals surface area (Å²) in [5.41, 5.74) is 2.06. The molecule has 3 nitrogen and oxygen atoms in total. The topological polar surface area (TPSA) is 30.5 Å². The number of thiocarbonyl (C=S) groups is 1. The van der Waals surface area contributed by atoms with E-state index in [9.17, 15) is 0 Å². The molecule has 4 heteroatoms. The predicted molar refractivity (Wildman–Crippen MR) is 98.4 cm³/mol. The van der Waals surface area contributed by atoms with Crippen LogP contribution in [0, 0.1) is 0 Å². The fraction of sp³-hybridized carbons (Fsp3) is 0.316. The van der Waals surface area contributed by atoms with Crippen LogP contribution in [0.1, 0.15) is 30.9 Å². The minimum absolute atomic E-state index is 0.637. The number of methoxy groups -OCH3 is 1. The van der Waals surface area contributed by atoms with Crippen molar-refractivity contribution in [2.45, 2.75) is 26.3 Å². The molecule has 0 saturated carbocycles. The molecular weight excluding hydrogens is 306 g/mol. The number of hydrogen-bond donors (Lipinski definition) is 1. The van der Waals surface area contributed by atoms with E-state index in [0.717, 1.165) is 47.1 Å². The third-order valence-electron chi connectivity index (χ3n) is 3.52. The van der Waals surface area contributed by atoms with E-state index >= 15 is 0 Å².